The largest absolute Gasteiger partial charge is 0.457 e. The second-order valence-corrected chi connectivity index (χ2v) is 10.4. The maximum atomic E-state index is 12.9. The summed E-state index contributed by atoms with van der Waals surface area (Å²) in [4.78, 5) is 33.8. The summed E-state index contributed by atoms with van der Waals surface area (Å²) in [6.07, 6.45) is 0. The molecule has 6 nitrogen and oxygen atoms in total. The number of aromatic nitrogens is 2. The molecular weight excluding hydrogens is 490 g/mol. The molecule has 0 fully saturated rings. The highest BCUT2D eigenvalue weighted by atomic mass is 32.2. The molecule has 0 saturated heterocycles. The molecule has 2 N–H and O–H groups in total. The van der Waals surface area contributed by atoms with Gasteiger partial charge in [-0.1, -0.05) is 59.8 Å². The van der Waals surface area contributed by atoms with Crippen molar-refractivity contribution >= 4 is 44.9 Å². The molecule has 1 unspecified atom stereocenters. The summed E-state index contributed by atoms with van der Waals surface area (Å²) in [6, 6.07) is 24.7. The zero-order valence-electron chi connectivity index (χ0n) is 19.6. The Kier molecular flexibility index (Phi) is 6.88. The number of anilines is 1. The Morgan fingerprint density at radius 2 is 1.69 bits per heavy atom. The number of hydrogen-bond acceptors (Lipinski definition) is 6. The fraction of sp³-hybridized carbons (Fsp3) is 0.107. The number of hydrogen-bond donors (Lipinski definition) is 2. The number of aryl methyl sites for hydroxylation is 1. The number of thioether (sulfide) groups is 1. The maximum absolute atomic E-state index is 12.9. The van der Waals surface area contributed by atoms with Crippen LogP contribution in [0.5, 0.6) is 11.5 Å². The van der Waals surface area contributed by atoms with Gasteiger partial charge in [0.15, 0.2) is 5.16 Å². The maximum Gasteiger partial charge on any atom is 0.260 e. The van der Waals surface area contributed by atoms with Crippen molar-refractivity contribution in [3.05, 3.63) is 100 Å². The van der Waals surface area contributed by atoms with Gasteiger partial charge in [0.05, 0.1) is 10.6 Å². The van der Waals surface area contributed by atoms with Crippen molar-refractivity contribution in [1.29, 1.82) is 0 Å². The van der Waals surface area contributed by atoms with Crippen molar-refractivity contribution in [2.75, 3.05) is 5.32 Å². The number of carbonyl (C=O) groups excluding carboxylic acids is 1. The Morgan fingerprint density at radius 1 is 1.00 bits per heavy atom. The highest BCUT2D eigenvalue weighted by Crippen LogP contribution is 2.32. The molecule has 0 aliphatic heterocycles. The first kappa shape index (κ1) is 23.8. The lowest BCUT2D eigenvalue weighted by Gasteiger charge is -2.12. The molecule has 2 heterocycles. The van der Waals surface area contributed by atoms with E-state index in [-0.39, 0.29) is 11.5 Å². The van der Waals surface area contributed by atoms with E-state index in [1.54, 1.807) is 31.2 Å². The van der Waals surface area contributed by atoms with E-state index in [0.717, 1.165) is 22.4 Å². The smallest absolute Gasteiger partial charge is 0.260 e. The number of ether oxygens (including phenoxy) is 1. The lowest BCUT2D eigenvalue weighted by molar-refractivity contribution is -0.115. The van der Waals surface area contributed by atoms with Crippen LogP contribution < -0.4 is 15.6 Å². The van der Waals surface area contributed by atoms with Crippen LogP contribution in [0.3, 0.4) is 0 Å². The molecule has 0 aliphatic rings. The van der Waals surface area contributed by atoms with Crippen LogP contribution in [0.25, 0.3) is 21.3 Å². The van der Waals surface area contributed by atoms with Crippen LogP contribution in [0.4, 0.5) is 5.69 Å². The van der Waals surface area contributed by atoms with Crippen molar-refractivity contribution in [2.24, 2.45) is 0 Å². The Labute approximate surface area is 216 Å². The molecule has 0 aliphatic carbocycles. The molecule has 1 amide bonds. The van der Waals surface area contributed by atoms with Gasteiger partial charge < -0.3 is 15.0 Å². The van der Waals surface area contributed by atoms with Crippen LogP contribution >= 0.6 is 23.1 Å². The van der Waals surface area contributed by atoms with E-state index in [1.165, 1.54) is 23.1 Å². The third kappa shape index (κ3) is 5.35. The van der Waals surface area contributed by atoms with Gasteiger partial charge >= 0.3 is 0 Å². The van der Waals surface area contributed by atoms with Crippen LogP contribution in [-0.2, 0) is 4.79 Å². The number of H-pyrrole nitrogens is 1. The summed E-state index contributed by atoms with van der Waals surface area (Å²) in [5, 5.41) is 5.37. The van der Waals surface area contributed by atoms with Gasteiger partial charge in [-0.05, 0) is 55.8 Å². The molecule has 3 aromatic carbocycles. The van der Waals surface area contributed by atoms with Gasteiger partial charge in [0.1, 0.15) is 16.3 Å². The lowest BCUT2D eigenvalue weighted by atomic mass is 10.1. The quantitative estimate of drug-likeness (QED) is 0.183. The third-order valence-corrected chi connectivity index (χ3v) is 7.40. The van der Waals surface area contributed by atoms with Gasteiger partial charge in [-0.25, -0.2) is 4.98 Å². The summed E-state index contributed by atoms with van der Waals surface area (Å²) in [5.41, 5.74) is 3.46. The van der Waals surface area contributed by atoms with Crippen LogP contribution in [0.2, 0.25) is 0 Å². The number of amides is 1. The summed E-state index contributed by atoms with van der Waals surface area (Å²) in [6.45, 7) is 3.81. The number of benzene rings is 3. The normalized spacial score (nSPS) is 11.8. The van der Waals surface area contributed by atoms with E-state index >= 15 is 0 Å². The van der Waals surface area contributed by atoms with Crippen LogP contribution in [0, 0.1) is 6.92 Å². The van der Waals surface area contributed by atoms with Gasteiger partial charge in [0.2, 0.25) is 5.91 Å². The number of aromatic amines is 1. The summed E-state index contributed by atoms with van der Waals surface area (Å²) >= 11 is 2.64. The Bertz CT molecular complexity index is 1560. The topological polar surface area (TPSA) is 84.1 Å². The first-order valence-electron chi connectivity index (χ1n) is 11.4. The van der Waals surface area contributed by atoms with Gasteiger partial charge in [-0.15, -0.1) is 11.3 Å². The zero-order valence-corrected chi connectivity index (χ0v) is 21.3. The number of carbonyl (C=O) groups is 1. The minimum Gasteiger partial charge on any atom is -0.457 e. The van der Waals surface area contributed by atoms with E-state index in [4.69, 9.17) is 4.74 Å². The number of thiophene rings is 1. The highest BCUT2D eigenvalue weighted by Gasteiger charge is 2.19. The highest BCUT2D eigenvalue weighted by molar-refractivity contribution is 8.00. The van der Waals surface area contributed by atoms with Crippen molar-refractivity contribution < 1.29 is 9.53 Å². The zero-order chi connectivity index (χ0) is 25.1. The van der Waals surface area contributed by atoms with Crippen molar-refractivity contribution in [1.82, 2.24) is 9.97 Å². The molecule has 2 aromatic heterocycles. The van der Waals surface area contributed by atoms with Crippen LogP contribution in [0.15, 0.2) is 94.2 Å². The predicted molar refractivity (Wildman–Crippen MR) is 147 cm³/mol. The molecule has 0 bridgehead atoms. The van der Waals surface area contributed by atoms with E-state index in [2.05, 4.69) is 15.3 Å². The number of nitrogens with one attached hydrogen (secondary N) is 2. The summed E-state index contributed by atoms with van der Waals surface area (Å²) in [5.74, 6) is 1.23. The molecule has 180 valence electrons. The van der Waals surface area contributed by atoms with Gasteiger partial charge in [-0.2, -0.15) is 0 Å². The van der Waals surface area contributed by atoms with Crippen molar-refractivity contribution in [3.8, 4) is 22.6 Å². The fourth-order valence-corrected chi connectivity index (χ4v) is 5.43. The van der Waals surface area contributed by atoms with E-state index < -0.39 is 5.25 Å². The van der Waals surface area contributed by atoms with Gasteiger partial charge in [0, 0.05) is 16.6 Å². The number of rotatable bonds is 7. The molecule has 5 aromatic rings. The molecule has 0 spiro atoms. The molecule has 8 heteroatoms. The first-order valence-corrected chi connectivity index (χ1v) is 13.1. The number of para-hydroxylation sites is 1. The Balaban J connectivity index is 1.25. The summed E-state index contributed by atoms with van der Waals surface area (Å²) in [7, 11) is 0. The molecule has 1 atom stereocenters. The summed E-state index contributed by atoms with van der Waals surface area (Å²) < 4.78 is 5.79. The van der Waals surface area contributed by atoms with E-state index in [1.807, 2.05) is 66.9 Å². The third-order valence-electron chi connectivity index (χ3n) is 5.54. The van der Waals surface area contributed by atoms with Crippen LogP contribution in [-0.4, -0.2) is 21.1 Å². The Morgan fingerprint density at radius 3 is 2.42 bits per heavy atom. The predicted octanol–water partition coefficient (Wildman–Crippen LogP) is 6.87. The minimum absolute atomic E-state index is 0.189. The van der Waals surface area contributed by atoms with E-state index in [0.29, 0.717) is 26.8 Å². The van der Waals surface area contributed by atoms with Crippen molar-refractivity contribution in [3.63, 3.8) is 0 Å². The lowest BCUT2D eigenvalue weighted by Crippen LogP contribution is -2.23. The molecule has 5 rings (SSSR count). The molecular formula is C28H23N3O3S2. The second-order valence-electron chi connectivity index (χ2n) is 8.26. The number of nitrogens with zero attached hydrogens (tertiary/aromatic N) is 1. The molecule has 36 heavy (non-hydrogen) atoms. The van der Waals surface area contributed by atoms with Crippen molar-refractivity contribution in [2.45, 2.75) is 24.3 Å². The van der Waals surface area contributed by atoms with Crippen LogP contribution in [0.1, 0.15) is 12.5 Å². The average molecular weight is 514 g/mol. The fourth-order valence-electron chi connectivity index (χ4n) is 3.63. The van der Waals surface area contributed by atoms with E-state index in [9.17, 15) is 9.59 Å². The SMILES string of the molecule is Cc1ccc(-c2csc3nc(SC(C)C(=O)Nc4ccc(Oc5ccccc5)cc4)[nH]c(=O)c23)cc1. The molecule has 0 radical (unpaired) electrons. The minimum atomic E-state index is -0.470. The monoisotopic (exact) mass is 513 g/mol. The standard InChI is InChI=1S/C28H23N3O3S2/c1-17-8-10-19(11-9-17)23-16-35-27-24(23)26(33)30-28(31-27)36-18(2)25(32)29-20-12-14-22(15-13-20)34-21-6-4-3-5-7-21/h3-16,18H,1-2H3,(H,29,32)(H,30,31,33). The number of fused-ring (bicyclic) bond motifs is 1. The second kappa shape index (κ2) is 10.4. The average Bonchev–Trinajstić information content (AvgIpc) is 3.31. The van der Waals surface area contributed by atoms with Gasteiger partial charge in [-0.3, -0.25) is 9.59 Å². The molecule has 0 saturated carbocycles. The van der Waals surface area contributed by atoms with Gasteiger partial charge in [0.25, 0.3) is 5.56 Å². The first-order chi connectivity index (χ1) is 17.5. The Hall–Kier alpha value is -3.88.